The molecule has 3 aromatic rings. The van der Waals surface area contributed by atoms with E-state index in [1.54, 1.807) is 24.3 Å². The number of nitrogens with zero attached hydrogens (tertiary/aromatic N) is 2. The van der Waals surface area contributed by atoms with Crippen LogP contribution in [-0.2, 0) is 0 Å². The van der Waals surface area contributed by atoms with Gasteiger partial charge in [0.25, 0.3) is 0 Å². The van der Waals surface area contributed by atoms with Gasteiger partial charge in [-0.2, -0.15) is 0 Å². The van der Waals surface area contributed by atoms with Crippen molar-refractivity contribution >= 4 is 37.6 Å². The van der Waals surface area contributed by atoms with Crippen molar-refractivity contribution in [3.8, 4) is 0 Å². The van der Waals surface area contributed by atoms with Crippen LogP contribution in [0.1, 0.15) is 10.4 Å². The molecule has 1 N–H and O–H groups in total. The quantitative estimate of drug-likeness (QED) is 0.736. The summed E-state index contributed by atoms with van der Waals surface area (Å²) in [6.07, 6.45) is 0. The number of anilines is 1. The van der Waals surface area contributed by atoms with Crippen LogP contribution < -0.4 is 5.32 Å². The fourth-order valence-corrected chi connectivity index (χ4v) is 2.90. The molecule has 19 heavy (non-hydrogen) atoms. The SMILES string of the molecule is O=C(Nc1cccc2n[se]nc12)c1ccccc1F. The summed E-state index contributed by atoms with van der Waals surface area (Å²) < 4.78 is 22.0. The first-order valence-electron chi connectivity index (χ1n) is 5.53. The molecule has 0 fully saturated rings. The number of carbonyl (C=O) groups is 1. The third kappa shape index (κ3) is 2.28. The second-order valence-electron chi connectivity index (χ2n) is 3.87. The predicted octanol–water partition coefficient (Wildman–Crippen LogP) is 2.08. The van der Waals surface area contributed by atoms with Crippen LogP contribution in [0.4, 0.5) is 10.1 Å². The van der Waals surface area contributed by atoms with Crippen molar-refractivity contribution < 1.29 is 9.18 Å². The number of aromatic nitrogens is 2. The van der Waals surface area contributed by atoms with Gasteiger partial charge in [-0.25, -0.2) is 0 Å². The number of fused-ring (bicyclic) bond motifs is 1. The van der Waals surface area contributed by atoms with Crippen molar-refractivity contribution in [2.45, 2.75) is 0 Å². The first-order chi connectivity index (χ1) is 9.25. The number of benzene rings is 2. The zero-order chi connectivity index (χ0) is 13.2. The summed E-state index contributed by atoms with van der Waals surface area (Å²) in [6, 6.07) is 11.2. The summed E-state index contributed by atoms with van der Waals surface area (Å²) in [5.74, 6) is -1.03. The molecular formula is C13H8FN3OSe. The number of hydrogen-bond donors (Lipinski definition) is 1. The van der Waals surface area contributed by atoms with E-state index in [1.807, 2.05) is 6.07 Å². The van der Waals surface area contributed by atoms with Gasteiger partial charge in [-0.1, -0.05) is 0 Å². The molecule has 94 valence electrons. The van der Waals surface area contributed by atoms with Crippen molar-refractivity contribution in [3.63, 3.8) is 0 Å². The molecule has 0 aliphatic heterocycles. The molecule has 4 nitrogen and oxygen atoms in total. The molecule has 1 aromatic heterocycles. The topological polar surface area (TPSA) is 54.9 Å². The van der Waals surface area contributed by atoms with Gasteiger partial charge in [0.05, 0.1) is 0 Å². The first-order valence-corrected chi connectivity index (χ1v) is 7.06. The molecule has 0 saturated heterocycles. The van der Waals surface area contributed by atoms with Crippen LogP contribution in [0.25, 0.3) is 11.0 Å². The van der Waals surface area contributed by atoms with Crippen LogP contribution in [0, 0.1) is 5.82 Å². The van der Waals surface area contributed by atoms with E-state index in [9.17, 15) is 9.18 Å². The van der Waals surface area contributed by atoms with Gasteiger partial charge in [0, 0.05) is 0 Å². The molecule has 0 aliphatic carbocycles. The summed E-state index contributed by atoms with van der Waals surface area (Å²) in [5, 5.41) is 2.68. The molecule has 0 spiro atoms. The van der Waals surface area contributed by atoms with Gasteiger partial charge in [0.1, 0.15) is 0 Å². The molecule has 0 aliphatic rings. The third-order valence-electron chi connectivity index (χ3n) is 2.65. The summed E-state index contributed by atoms with van der Waals surface area (Å²) in [7, 11) is 0. The van der Waals surface area contributed by atoms with Gasteiger partial charge < -0.3 is 0 Å². The molecule has 6 heteroatoms. The summed E-state index contributed by atoms with van der Waals surface area (Å²) in [6.45, 7) is 0. The van der Waals surface area contributed by atoms with Crippen LogP contribution >= 0.6 is 0 Å². The molecule has 0 unspecified atom stereocenters. The van der Waals surface area contributed by atoms with E-state index in [4.69, 9.17) is 0 Å². The minimum absolute atomic E-state index is 0.0144. The Balaban J connectivity index is 1.95. The second kappa shape index (κ2) is 4.91. The third-order valence-corrected chi connectivity index (χ3v) is 3.79. The Hall–Kier alpha value is -2.04. The number of rotatable bonds is 2. The molecule has 1 heterocycles. The van der Waals surface area contributed by atoms with Crippen molar-refractivity contribution in [2.75, 3.05) is 5.32 Å². The minimum atomic E-state index is -0.543. The number of hydrogen-bond acceptors (Lipinski definition) is 3. The maximum absolute atomic E-state index is 13.5. The Labute approximate surface area is 114 Å². The van der Waals surface area contributed by atoms with Crippen LogP contribution in [0.15, 0.2) is 42.5 Å². The summed E-state index contributed by atoms with van der Waals surface area (Å²) >= 11 is -0.166. The Kier molecular flexibility index (Phi) is 3.11. The van der Waals surface area contributed by atoms with Crippen LogP contribution in [0.2, 0.25) is 0 Å². The van der Waals surface area contributed by atoms with Gasteiger partial charge in [0.15, 0.2) is 0 Å². The van der Waals surface area contributed by atoms with E-state index >= 15 is 0 Å². The van der Waals surface area contributed by atoms with E-state index < -0.39 is 11.7 Å². The fraction of sp³-hybridized carbons (Fsp3) is 0. The number of amides is 1. The average molecular weight is 320 g/mol. The predicted molar refractivity (Wildman–Crippen MR) is 70.8 cm³/mol. The van der Waals surface area contributed by atoms with E-state index in [0.29, 0.717) is 11.2 Å². The van der Waals surface area contributed by atoms with Crippen molar-refractivity contribution in [3.05, 3.63) is 53.8 Å². The van der Waals surface area contributed by atoms with Crippen molar-refractivity contribution in [1.82, 2.24) is 7.96 Å². The maximum atomic E-state index is 13.5. The molecule has 2 aromatic carbocycles. The molecule has 1 amide bonds. The summed E-state index contributed by atoms with van der Waals surface area (Å²) in [4.78, 5) is 12.0. The van der Waals surface area contributed by atoms with Gasteiger partial charge >= 0.3 is 114 Å². The van der Waals surface area contributed by atoms with Crippen LogP contribution in [-0.4, -0.2) is 28.8 Å². The second-order valence-corrected chi connectivity index (χ2v) is 4.98. The Morgan fingerprint density at radius 1 is 1.11 bits per heavy atom. The number of nitrogens with one attached hydrogen (secondary N) is 1. The normalized spacial score (nSPS) is 10.6. The Bertz CT molecular complexity index is 756. The van der Waals surface area contributed by atoms with Gasteiger partial charge in [0.2, 0.25) is 0 Å². The van der Waals surface area contributed by atoms with Crippen molar-refractivity contribution in [1.29, 1.82) is 0 Å². The van der Waals surface area contributed by atoms with E-state index in [2.05, 4.69) is 13.3 Å². The van der Waals surface area contributed by atoms with Crippen LogP contribution in [0.5, 0.6) is 0 Å². The van der Waals surface area contributed by atoms with E-state index in [0.717, 1.165) is 5.52 Å². The summed E-state index contributed by atoms with van der Waals surface area (Å²) in [5.41, 5.74) is 2.02. The zero-order valence-corrected chi connectivity index (χ0v) is 11.3. The van der Waals surface area contributed by atoms with Crippen LogP contribution in [0.3, 0.4) is 0 Å². The average Bonchev–Trinajstić information content (AvgIpc) is 2.88. The molecule has 0 bridgehead atoms. The number of halogens is 1. The monoisotopic (exact) mass is 321 g/mol. The van der Waals surface area contributed by atoms with E-state index in [-0.39, 0.29) is 20.5 Å². The van der Waals surface area contributed by atoms with E-state index in [1.165, 1.54) is 12.1 Å². The molecule has 0 atom stereocenters. The molecule has 3 rings (SSSR count). The number of carbonyl (C=O) groups excluding carboxylic acids is 1. The fourth-order valence-electron chi connectivity index (χ4n) is 1.74. The first kappa shape index (κ1) is 12.0. The Morgan fingerprint density at radius 3 is 2.79 bits per heavy atom. The zero-order valence-electron chi connectivity index (χ0n) is 9.63. The molecule has 0 radical (unpaired) electrons. The standard InChI is InChI=1S/C13H8FN3OSe/c14-9-5-2-1-4-8(9)13(18)15-10-6-3-7-11-12(10)17-19-16-11/h1-7H,(H,15,18). The van der Waals surface area contributed by atoms with Gasteiger partial charge in [-0.05, 0) is 0 Å². The Morgan fingerprint density at radius 2 is 1.95 bits per heavy atom. The van der Waals surface area contributed by atoms with Crippen molar-refractivity contribution in [2.24, 2.45) is 0 Å². The molecular weight excluding hydrogens is 312 g/mol. The van der Waals surface area contributed by atoms with Gasteiger partial charge in [-0.15, -0.1) is 0 Å². The van der Waals surface area contributed by atoms with Gasteiger partial charge in [-0.3, -0.25) is 0 Å². The molecule has 0 saturated carbocycles.